The Morgan fingerprint density at radius 3 is 3.00 bits per heavy atom. The molecule has 1 aliphatic heterocycles. The van der Waals surface area contributed by atoms with Gasteiger partial charge in [-0.3, -0.25) is 4.98 Å². The monoisotopic (exact) mass is 236 g/mol. The van der Waals surface area contributed by atoms with Crippen LogP contribution in [0.3, 0.4) is 0 Å². The standard InChI is InChI=1S/C13H20N2O2/c1-9-6-13(12(7-14)10(2)15-9)17-8-11-4-3-5-16-11/h6,11H,3-5,7-8,14H2,1-2H3. The lowest BCUT2D eigenvalue weighted by Crippen LogP contribution is -2.18. The molecule has 0 saturated carbocycles. The van der Waals surface area contributed by atoms with Crippen molar-refractivity contribution in [1.82, 2.24) is 4.98 Å². The van der Waals surface area contributed by atoms with E-state index in [2.05, 4.69) is 4.98 Å². The average molecular weight is 236 g/mol. The first kappa shape index (κ1) is 12.3. The maximum atomic E-state index is 5.83. The van der Waals surface area contributed by atoms with Gasteiger partial charge >= 0.3 is 0 Å². The van der Waals surface area contributed by atoms with E-state index in [9.17, 15) is 0 Å². The van der Waals surface area contributed by atoms with Crippen LogP contribution in [-0.2, 0) is 11.3 Å². The topological polar surface area (TPSA) is 57.4 Å². The van der Waals surface area contributed by atoms with Crippen molar-refractivity contribution < 1.29 is 9.47 Å². The molecule has 1 aromatic heterocycles. The van der Waals surface area contributed by atoms with Gasteiger partial charge in [0.15, 0.2) is 0 Å². The molecule has 0 radical (unpaired) electrons. The third kappa shape index (κ3) is 2.96. The molecule has 0 amide bonds. The van der Waals surface area contributed by atoms with Crippen LogP contribution in [0.4, 0.5) is 0 Å². The van der Waals surface area contributed by atoms with Gasteiger partial charge in [0.25, 0.3) is 0 Å². The number of aryl methyl sites for hydroxylation is 2. The summed E-state index contributed by atoms with van der Waals surface area (Å²) in [6.07, 6.45) is 2.45. The zero-order valence-electron chi connectivity index (χ0n) is 10.5. The normalized spacial score (nSPS) is 19.6. The number of nitrogens with zero attached hydrogens (tertiary/aromatic N) is 1. The lowest BCUT2D eigenvalue weighted by Gasteiger charge is -2.15. The first-order valence-corrected chi connectivity index (χ1v) is 6.12. The predicted octanol–water partition coefficient (Wildman–Crippen LogP) is 1.71. The molecule has 1 fully saturated rings. The fourth-order valence-corrected chi connectivity index (χ4v) is 2.16. The Balaban J connectivity index is 2.07. The summed E-state index contributed by atoms with van der Waals surface area (Å²) in [6, 6.07) is 1.95. The second kappa shape index (κ2) is 5.47. The van der Waals surface area contributed by atoms with Gasteiger partial charge in [-0.05, 0) is 26.7 Å². The van der Waals surface area contributed by atoms with Crippen LogP contribution in [0, 0.1) is 13.8 Å². The molecule has 1 aromatic rings. The Bertz CT molecular complexity index is 387. The van der Waals surface area contributed by atoms with E-state index in [1.54, 1.807) is 0 Å². The van der Waals surface area contributed by atoms with Gasteiger partial charge in [0.1, 0.15) is 12.4 Å². The highest BCUT2D eigenvalue weighted by atomic mass is 16.5. The van der Waals surface area contributed by atoms with E-state index in [1.807, 2.05) is 19.9 Å². The average Bonchev–Trinajstić information content (AvgIpc) is 2.78. The second-order valence-corrected chi connectivity index (χ2v) is 4.48. The minimum Gasteiger partial charge on any atom is -0.490 e. The Labute approximate surface area is 102 Å². The minimum absolute atomic E-state index is 0.231. The highest BCUT2D eigenvalue weighted by Gasteiger charge is 2.17. The van der Waals surface area contributed by atoms with Crippen molar-refractivity contribution in [2.75, 3.05) is 13.2 Å². The summed E-state index contributed by atoms with van der Waals surface area (Å²) in [5.74, 6) is 0.855. The zero-order chi connectivity index (χ0) is 12.3. The maximum absolute atomic E-state index is 5.83. The van der Waals surface area contributed by atoms with E-state index in [0.717, 1.165) is 42.1 Å². The lowest BCUT2D eigenvalue weighted by atomic mass is 10.1. The van der Waals surface area contributed by atoms with E-state index in [-0.39, 0.29) is 6.10 Å². The molecule has 1 saturated heterocycles. The van der Waals surface area contributed by atoms with Crippen LogP contribution in [-0.4, -0.2) is 24.3 Å². The van der Waals surface area contributed by atoms with Crippen molar-refractivity contribution in [3.63, 3.8) is 0 Å². The van der Waals surface area contributed by atoms with Crippen LogP contribution in [0.2, 0.25) is 0 Å². The molecule has 94 valence electrons. The molecule has 2 heterocycles. The Hall–Kier alpha value is -1.13. The fraction of sp³-hybridized carbons (Fsp3) is 0.615. The van der Waals surface area contributed by atoms with Gasteiger partial charge in [0.05, 0.1) is 6.10 Å². The van der Waals surface area contributed by atoms with Crippen LogP contribution in [0.5, 0.6) is 5.75 Å². The van der Waals surface area contributed by atoms with Gasteiger partial charge < -0.3 is 15.2 Å². The molecule has 4 heteroatoms. The summed E-state index contributed by atoms with van der Waals surface area (Å²) >= 11 is 0. The van der Waals surface area contributed by atoms with Crippen LogP contribution < -0.4 is 10.5 Å². The zero-order valence-corrected chi connectivity index (χ0v) is 10.5. The molecular weight excluding hydrogens is 216 g/mol. The first-order valence-electron chi connectivity index (χ1n) is 6.12. The number of ether oxygens (including phenoxy) is 2. The Morgan fingerprint density at radius 2 is 2.35 bits per heavy atom. The third-order valence-corrected chi connectivity index (χ3v) is 3.07. The summed E-state index contributed by atoms with van der Waals surface area (Å²) in [4.78, 5) is 4.39. The van der Waals surface area contributed by atoms with Crippen molar-refractivity contribution in [1.29, 1.82) is 0 Å². The van der Waals surface area contributed by atoms with Crippen molar-refractivity contribution in [3.05, 3.63) is 23.0 Å². The molecule has 0 spiro atoms. The van der Waals surface area contributed by atoms with Crippen molar-refractivity contribution in [2.24, 2.45) is 5.73 Å². The van der Waals surface area contributed by atoms with Gasteiger partial charge in [0, 0.05) is 36.2 Å². The third-order valence-electron chi connectivity index (χ3n) is 3.07. The largest absolute Gasteiger partial charge is 0.490 e. The first-order chi connectivity index (χ1) is 8.20. The van der Waals surface area contributed by atoms with E-state index in [0.29, 0.717) is 13.2 Å². The van der Waals surface area contributed by atoms with E-state index in [1.165, 1.54) is 0 Å². The van der Waals surface area contributed by atoms with E-state index in [4.69, 9.17) is 15.2 Å². The molecule has 1 aliphatic rings. The predicted molar refractivity (Wildman–Crippen MR) is 66.1 cm³/mol. The van der Waals surface area contributed by atoms with Gasteiger partial charge in [-0.15, -0.1) is 0 Å². The number of pyridine rings is 1. The number of nitrogens with two attached hydrogens (primary N) is 1. The van der Waals surface area contributed by atoms with Gasteiger partial charge in [0.2, 0.25) is 0 Å². The molecule has 1 atom stereocenters. The number of hydrogen-bond donors (Lipinski definition) is 1. The SMILES string of the molecule is Cc1cc(OCC2CCCO2)c(CN)c(C)n1. The maximum Gasteiger partial charge on any atom is 0.127 e. The highest BCUT2D eigenvalue weighted by Crippen LogP contribution is 2.23. The van der Waals surface area contributed by atoms with Crippen molar-refractivity contribution in [3.8, 4) is 5.75 Å². The number of rotatable bonds is 4. The minimum atomic E-state index is 0.231. The molecule has 0 bridgehead atoms. The van der Waals surface area contributed by atoms with Gasteiger partial charge in [-0.1, -0.05) is 0 Å². The summed E-state index contributed by atoms with van der Waals surface area (Å²) in [5.41, 5.74) is 8.64. The van der Waals surface area contributed by atoms with Crippen molar-refractivity contribution >= 4 is 0 Å². The second-order valence-electron chi connectivity index (χ2n) is 4.48. The molecule has 0 aliphatic carbocycles. The van der Waals surface area contributed by atoms with Crippen LogP contribution in [0.25, 0.3) is 0 Å². The van der Waals surface area contributed by atoms with E-state index < -0.39 is 0 Å². The molecular formula is C13H20N2O2. The Morgan fingerprint density at radius 1 is 1.53 bits per heavy atom. The Kier molecular flexibility index (Phi) is 3.97. The summed E-state index contributed by atoms with van der Waals surface area (Å²) in [7, 11) is 0. The molecule has 2 N–H and O–H groups in total. The molecule has 1 unspecified atom stereocenters. The van der Waals surface area contributed by atoms with Crippen LogP contribution >= 0.6 is 0 Å². The lowest BCUT2D eigenvalue weighted by molar-refractivity contribution is 0.0675. The molecule has 17 heavy (non-hydrogen) atoms. The summed E-state index contributed by atoms with van der Waals surface area (Å²) < 4.78 is 11.4. The highest BCUT2D eigenvalue weighted by molar-refractivity contribution is 5.37. The number of aromatic nitrogens is 1. The van der Waals surface area contributed by atoms with Crippen LogP contribution in [0.15, 0.2) is 6.07 Å². The quantitative estimate of drug-likeness (QED) is 0.864. The smallest absolute Gasteiger partial charge is 0.127 e. The summed E-state index contributed by atoms with van der Waals surface area (Å²) in [6.45, 7) is 5.85. The van der Waals surface area contributed by atoms with Crippen LogP contribution in [0.1, 0.15) is 29.8 Å². The van der Waals surface area contributed by atoms with Gasteiger partial charge in [-0.2, -0.15) is 0 Å². The molecule has 4 nitrogen and oxygen atoms in total. The number of hydrogen-bond acceptors (Lipinski definition) is 4. The molecule has 2 rings (SSSR count). The molecule has 0 aromatic carbocycles. The van der Waals surface area contributed by atoms with E-state index >= 15 is 0 Å². The van der Waals surface area contributed by atoms with Crippen molar-refractivity contribution in [2.45, 2.75) is 39.3 Å². The van der Waals surface area contributed by atoms with Gasteiger partial charge in [-0.25, -0.2) is 0 Å². The fourth-order valence-electron chi connectivity index (χ4n) is 2.16. The summed E-state index contributed by atoms with van der Waals surface area (Å²) in [5, 5.41) is 0.